The number of rotatable bonds is 3. The van der Waals surface area contributed by atoms with Crippen LogP contribution < -0.4 is 0 Å². The van der Waals surface area contributed by atoms with Crippen LogP contribution in [0.25, 0.3) is 0 Å². The summed E-state index contributed by atoms with van der Waals surface area (Å²) in [5.74, 6) is -0.0471. The second kappa shape index (κ2) is 7.91. The van der Waals surface area contributed by atoms with Crippen molar-refractivity contribution in [3.05, 3.63) is 0 Å². The van der Waals surface area contributed by atoms with E-state index in [4.69, 9.17) is 4.74 Å². The molecule has 1 unspecified atom stereocenters. The van der Waals surface area contributed by atoms with Crippen molar-refractivity contribution >= 4 is 5.97 Å². The van der Waals surface area contributed by atoms with E-state index in [0.29, 0.717) is 0 Å². The van der Waals surface area contributed by atoms with E-state index in [9.17, 15) is 4.79 Å². The first kappa shape index (κ1) is 18.5. The fourth-order valence-corrected chi connectivity index (χ4v) is 2.38. The van der Waals surface area contributed by atoms with Gasteiger partial charge in [0.15, 0.2) is 0 Å². The summed E-state index contributed by atoms with van der Waals surface area (Å²) in [5.41, 5.74) is -0.171. The smallest absolute Gasteiger partial charge is 0.309 e. The Morgan fingerprint density at radius 3 is 2.00 bits per heavy atom. The summed E-state index contributed by atoms with van der Waals surface area (Å²) in [6.45, 7) is 14.4. The molecular weight excluding hydrogens is 236 g/mol. The lowest BCUT2D eigenvalue weighted by atomic mass is 9.80. The zero-order valence-corrected chi connectivity index (χ0v) is 14.1. The maximum Gasteiger partial charge on any atom is 0.309 e. The van der Waals surface area contributed by atoms with Crippen LogP contribution in [0.5, 0.6) is 0 Å². The Kier molecular flexibility index (Phi) is 7.69. The van der Waals surface area contributed by atoms with Crippen LogP contribution in [0.1, 0.15) is 87.0 Å². The molecule has 0 aliphatic heterocycles. The van der Waals surface area contributed by atoms with E-state index in [1.165, 1.54) is 19.3 Å². The lowest BCUT2D eigenvalue weighted by Gasteiger charge is -2.38. The predicted molar refractivity (Wildman–Crippen MR) is 82.2 cm³/mol. The van der Waals surface area contributed by atoms with E-state index in [1.54, 1.807) is 0 Å². The molecule has 0 aromatic heterocycles. The van der Waals surface area contributed by atoms with Gasteiger partial charge in [0.1, 0.15) is 5.60 Å². The van der Waals surface area contributed by atoms with Crippen molar-refractivity contribution < 1.29 is 9.53 Å². The van der Waals surface area contributed by atoms with Gasteiger partial charge < -0.3 is 4.74 Å². The third-order valence-electron chi connectivity index (χ3n) is 4.38. The molecule has 19 heavy (non-hydrogen) atoms. The highest BCUT2D eigenvalue weighted by Crippen LogP contribution is 2.36. The van der Waals surface area contributed by atoms with Crippen molar-refractivity contribution in [1.82, 2.24) is 0 Å². The summed E-state index contributed by atoms with van der Waals surface area (Å²) in [4.78, 5) is 12.2. The van der Waals surface area contributed by atoms with Gasteiger partial charge in [0.2, 0.25) is 0 Å². The molecule has 0 aromatic rings. The lowest BCUT2D eigenvalue weighted by molar-refractivity contribution is -0.172. The van der Waals surface area contributed by atoms with Gasteiger partial charge in [-0.25, -0.2) is 0 Å². The number of carbonyl (C=O) groups is 1. The first-order chi connectivity index (χ1) is 8.81. The molecule has 1 rings (SSSR count). The molecule has 0 heterocycles. The van der Waals surface area contributed by atoms with E-state index in [2.05, 4.69) is 27.7 Å². The normalized spacial score (nSPS) is 19.9. The first-order valence-corrected chi connectivity index (χ1v) is 8.03. The second-order valence-corrected chi connectivity index (χ2v) is 6.61. The Morgan fingerprint density at radius 2 is 1.63 bits per heavy atom. The largest absolute Gasteiger partial charge is 0.459 e. The summed E-state index contributed by atoms with van der Waals surface area (Å²) in [7, 11) is 0. The fourth-order valence-electron chi connectivity index (χ4n) is 2.38. The quantitative estimate of drug-likeness (QED) is 0.646. The van der Waals surface area contributed by atoms with Gasteiger partial charge in [-0.3, -0.25) is 4.79 Å². The molecule has 1 aliphatic rings. The molecular formula is C17H34O2. The standard InChI is InChI=1S/C15H28O2.C2H6/c1-6-15(10-8-7-9-11-15)17-13(16)12(2)14(3,4)5;1-2/h12H,6-11H2,1-5H3;1-2H3. The van der Waals surface area contributed by atoms with Gasteiger partial charge >= 0.3 is 5.97 Å². The molecule has 1 aliphatic carbocycles. The van der Waals surface area contributed by atoms with Gasteiger partial charge in [0.05, 0.1) is 5.92 Å². The summed E-state index contributed by atoms with van der Waals surface area (Å²) in [5, 5.41) is 0. The van der Waals surface area contributed by atoms with Crippen LogP contribution in [0.2, 0.25) is 0 Å². The molecule has 1 atom stereocenters. The van der Waals surface area contributed by atoms with Crippen molar-refractivity contribution in [1.29, 1.82) is 0 Å². The Balaban J connectivity index is 0.00000154. The summed E-state index contributed by atoms with van der Waals surface area (Å²) in [6.07, 6.45) is 6.73. The van der Waals surface area contributed by atoms with Crippen molar-refractivity contribution in [2.45, 2.75) is 92.6 Å². The Morgan fingerprint density at radius 1 is 1.16 bits per heavy atom. The third kappa shape index (κ3) is 5.54. The zero-order chi connectivity index (χ0) is 15.1. The average Bonchev–Trinajstić information content (AvgIpc) is 2.40. The summed E-state index contributed by atoms with van der Waals surface area (Å²) in [6, 6.07) is 0. The topological polar surface area (TPSA) is 26.3 Å². The van der Waals surface area contributed by atoms with E-state index >= 15 is 0 Å². The molecule has 0 N–H and O–H groups in total. The van der Waals surface area contributed by atoms with Gasteiger partial charge in [-0.15, -0.1) is 0 Å². The minimum absolute atomic E-state index is 0.0127. The lowest BCUT2D eigenvalue weighted by Crippen LogP contribution is -2.40. The van der Waals surface area contributed by atoms with E-state index < -0.39 is 0 Å². The van der Waals surface area contributed by atoms with Gasteiger partial charge in [-0.1, -0.05) is 54.9 Å². The van der Waals surface area contributed by atoms with Crippen LogP contribution in [0, 0.1) is 11.3 Å². The van der Waals surface area contributed by atoms with Crippen molar-refractivity contribution in [2.24, 2.45) is 11.3 Å². The van der Waals surface area contributed by atoms with Gasteiger partial charge in [-0.2, -0.15) is 0 Å². The molecule has 1 saturated carbocycles. The van der Waals surface area contributed by atoms with Crippen molar-refractivity contribution in [3.63, 3.8) is 0 Å². The summed E-state index contributed by atoms with van der Waals surface area (Å²) < 4.78 is 5.88. The Bertz CT molecular complexity index is 257. The molecule has 0 saturated heterocycles. The summed E-state index contributed by atoms with van der Waals surface area (Å²) >= 11 is 0. The maximum absolute atomic E-state index is 12.2. The van der Waals surface area contributed by atoms with E-state index in [-0.39, 0.29) is 22.9 Å². The SMILES string of the molecule is CC.CCC1(OC(=O)C(C)C(C)(C)C)CCCCC1. The highest BCUT2D eigenvalue weighted by Gasteiger charge is 2.37. The maximum atomic E-state index is 12.2. The third-order valence-corrected chi connectivity index (χ3v) is 4.38. The molecule has 1 fully saturated rings. The van der Waals surface area contributed by atoms with E-state index in [0.717, 1.165) is 19.3 Å². The highest BCUT2D eigenvalue weighted by atomic mass is 16.6. The number of esters is 1. The Labute approximate surface area is 120 Å². The molecule has 0 spiro atoms. The van der Waals surface area contributed by atoms with Crippen LogP contribution in [-0.2, 0) is 9.53 Å². The number of hydrogen-bond acceptors (Lipinski definition) is 2. The minimum atomic E-state index is -0.158. The van der Waals surface area contributed by atoms with Crippen molar-refractivity contribution in [2.75, 3.05) is 0 Å². The number of carbonyl (C=O) groups excluding carboxylic acids is 1. The minimum Gasteiger partial charge on any atom is -0.459 e. The molecule has 114 valence electrons. The van der Waals surface area contributed by atoms with Crippen LogP contribution in [0.4, 0.5) is 0 Å². The molecule has 0 aromatic carbocycles. The zero-order valence-electron chi connectivity index (χ0n) is 14.1. The van der Waals surface area contributed by atoms with Crippen molar-refractivity contribution in [3.8, 4) is 0 Å². The monoisotopic (exact) mass is 270 g/mol. The molecule has 0 amide bonds. The van der Waals surface area contributed by atoms with Gasteiger partial charge in [0.25, 0.3) is 0 Å². The average molecular weight is 270 g/mol. The second-order valence-electron chi connectivity index (χ2n) is 6.61. The van der Waals surface area contributed by atoms with Crippen LogP contribution in [0.15, 0.2) is 0 Å². The Hall–Kier alpha value is -0.530. The number of ether oxygens (including phenoxy) is 1. The highest BCUT2D eigenvalue weighted by molar-refractivity contribution is 5.73. The van der Waals surface area contributed by atoms with Crippen LogP contribution in [0.3, 0.4) is 0 Å². The first-order valence-electron chi connectivity index (χ1n) is 8.03. The predicted octanol–water partition coefficient (Wildman–Crippen LogP) is 5.35. The molecule has 0 radical (unpaired) electrons. The number of hydrogen-bond donors (Lipinski definition) is 0. The van der Waals surface area contributed by atoms with Gasteiger partial charge in [-0.05, 0) is 37.5 Å². The van der Waals surface area contributed by atoms with Crippen LogP contribution >= 0.6 is 0 Å². The van der Waals surface area contributed by atoms with Gasteiger partial charge in [0, 0.05) is 0 Å². The molecule has 0 bridgehead atoms. The van der Waals surface area contributed by atoms with E-state index in [1.807, 2.05) is 20.8 Å². The molecule has 2 heteroatoms. The molecule has 2 nitrogen and oxygen atoms in total. The fraction of sp³-hybridized carbons (Fsp3) is 0.941. The van der Waals surface area contributed by atoms with Crippen LogP contribution in [-0.4, -0.2) is 11.6 Å².